The van der Waals surface area contributed by atoms with E-state index in [0.717, 1.165) is 12.1 Å². The number of halogens is 5. The number of nitrogens with zero attached hydrogens (tertiary/aromatic N) is 3. The van der Waals surface area contributed by atoms with Crippen LogP contribution in [0, 0.1) is 0 Å². The molecule has 3 aromatic rings. The summed E-state index contributed by atoms with van der Waals surface area (Å²) in [5, 5.41) is 3.31. The van der Waals surface area contributed by atoms with Crippen LogP contribution in [0.1, 0.15) is 26.3 Å². The van der Waals surface area contributed by atoms with Crippen LogP contribution in [0.15, 0.2) is 60.8 Å². The van der Waals surface area contributed by atoms with Gasteiger partial charge in [-0.05, 0) is 48.5 Å². The molecule has 2 amide bonds. The molecule has 11 heteroatoms. The molecule has 6 nitrogen and oxygen atoms in total. The Morgan fingerprint density at radius 3 is 2.31 bits per heavy atom. The summed E-state index contributed by atoms with van der Waals surface area (Å²) >= 11 is 12.1. The first-order valence-corrected chi connectivity index (χ1v) is 11.3. The molecular formula is C24H19Cl2F3N4O2. The fraction of sp³-hybridized carbons (Fsp3) is 0.208. The summed E-state index contributed by atoms with van der Waals surface area (Å²) in [6.07, 6.45) is -3.10. The van der Waals surface area contributed by atoms with Crippen LogP contribution in [0.25, 0.3) is 0 Å². The predicted molar refractivity (Wildman–Crippen MR) is 128 cm³/mol. The number of benzene rings is 2. The van der Waals surface area contributed by atoms with Gasteiger partial charge in [-0.25, -0.2) is 4.98 Å². The fourth-order valence-electron chi connectivity index (χ4n) is 3.66. The number of carbonyl (C=O) groups is 2. The molecule has 0 aliphatic carbocycles. The minimum atomic E-state index is -4.53. The van der Waals surface area contributed by atoms with Crippen LogP contribution in [0.4, 0.5) is 24.7 Å². The molecule has 1 N–H and O–H groups in total. The lowest BCUT2D eigenvalue weighted by atomic mass is 10.1. The number of nitrogens with one attached hydrogen (secondary N) is 1. The molecule has 1 fully saturated rings. The average molecular weight is 523 g/mol. The number of hydrogen-bond acceptors (Lipinski definition) is 4. The summed E-state index contributed by atoms with van der Waals surface area (Å²) < 4.78 is 38.7. The summed E-state index contributed by atoms with van der Waals surface area (Å²) in [6.45, 7) is 2.01. The standard InChI is InChI=1S/C24H19Cl2F3N4O2/c25-17-4-6-19(20(26)13-17)23(35)33-10-8-32(9-11-33)21-7-5-18(14-30-21)31-22(34)15-2-1-3-16(12-15)24(27,28)29/h1-7,12-14H,8-11H2,(H,31,34). The molecule has 1 aliphatic rings. The molecule has 0 bridgehead atoms. The molecule has 0 saturated carbocycles. The van der Waals surface area contributed by atoms with E-state index in [0.29, 0.717) is 53.3 Å². The predicted octanol–water partition coefficient (Wildman–Crippen LogP) is 5.62. The monoisotopic (exact) mass is 522 g/mol. The molecule has 182 valence electrons. The molecule has 35 heavy (non-hydrogen) atoms. The van der Waals surface area contributed by atoms with Gasteiger partial charge in [0.05, 0.1) is 28.0 Å². The number of pyridine rings is 1. The first-order valence-electron chi connectivity index (χ1n) is 10.6. The number of anilines is 2. The summed E-state index contributed by atoms with van der Waals surface area (Å²) in [5.74, 6) is -0.191. The van der Waals surface area contributed by atoms with E-state index < -0.39 is 17.6 Å². The van der Waals surface area contributed by atoms with Crippen molar-refractivity contribution in [2.24, 2.45) is 0 Å². The first kappa shape index (κ1) is 24.8. The van der Waals surface area contributed by atoms with Gasteiger partial charge in [-0.2, -0.15) is 13.2 Å². The highest BCUT2D eigenvalue weighted by molar-refractivity contribution is 6.36. The number of carbonyl (C=O) groups excluding carboxylic acids is 2. The topological polar surface area (TPSA) is 65.5 Å². The molecule has 0 radical (unpaired) electrons. The Morgan fingerprint density at radius 2 is 1.69 bits per heavy atom. The molecule has 0 atom stereocenters. The van der Waals surface area contributed by atoms with Gasteiger partial charge in [0.25, 0.3) is 11.8 Å². The van der Waals surface area contributed by atoms with Crippen molar-refractivity contribution in [3.8, 4) is 0 Å². The van der Waals surface area contributed by atoms with Crippen molar-refractivity contribution in [1.82, 2.24) is 9.88 Å². The number of piperazine rings is 1. The summed E-state index contributed by atoms with van der Waals surface area (Å²) in [6, 6.07) is 12.3. The van der Waals surface area contributed by atoms with E-state index in [9.17, 15) is 22.8 Å². The molecule has 0 unspecified atom stereocenters. The molecular weight excluding hydrogens is 504 g/mol. The third kappa shape index (κ3) is 5.86. The van der Waals surface area contributed by atoms with Crippen molar-refractivity contribution < 1.29 is 22.8 Å². The minimum absolute atomic E-state index is 0.106. The molecule has 0 spiro atoms. The Morgan fingerprint density at radius 1 is 0.943 bits per heavy atom. The Hall–Kier alpha value is -3.30. The van der Waals surface area contributed by atoms with Gasteiger partial charge in [0.1, 0.15) is 5.82 Å². The second-order valence-electron chi connectivity index (χ2n) is 7.84. The number of rotatable bonds is 4. The summed E-state index contributed by atoms with van der Waals surface area (Å²) in [5.41, 5.74) is -0.258. The normalized spacial score (nSPS) is 14.1. The molecule has 1 aromatic heterocycles. The second-order valence-corrected chi connectivity index (χ2v) is 8.68. The maximum absolute atomic E-state index is 12.9. The van der Waals surface area contributed by atoms with Gasteiger partial charge in [-0.1, -0.05) is 29.3 Å². The average Bonchev–Trinajstić information content (AvgIpc) is 2.84. The smallest absolute Gasteiger partial charge is 0.353 e. The van der Waals surface area contributed by atoms with Crippen LogP contribution in [-0.2, 0) is 6.18 Å². The zero-order chi connectivity index (χ0) is 25.2. The van der Waals surface area contributed by atoms with Gasteiger partial charge in [0.15, 0.2) is 0 Å². The van der Waals surface area contributed by atoms with Crippen LogP contribution < -0.4 is 10.2 Å². The van der Waals surface area contributed by atoms with Crippen LogP contribution in [0.2, 0.25) is 10.0 Å². The Kier molecular flexibility index (Phi) is 7.18. The van der Waals surface area contributed by atoms with Gasteiger partial charge in [0, 0.05) is 36.8 Å². The van der Waals surface area contributed by atoms with E-state index in [1.54, 1.807) is 29.2 Å². The highest BCUT2D eigenvalue weighted by Crippen LogP contribution is 2.30. The van der Waals surface area contributed by atoms with Crippen molar-refractivity contribution in [3.05, 3.63) is 87.5 Å². The molecule has 2 heterocycles. The molecule has 1 aliphatic heterocycles. The Bertz CT molecular complexity index is 1240. The van der Waals surface area contributed by atoms with Crippen LogP contribution in [-0.4, -0.2) is 47.9 Å². The highest BCUT2D eigenvalue weighted by atomic mass is 35.5. The third-order valence-corrected chi connectivity index (χ3v) is 6.06. The second kappa shape index (κ2) is 10.1. The summed E-state index contributed by atoms with van der Waals surface area (Å²) in [4.78, 5) is 33.2. The van der Waals surface area contributed by atoms with E-state index in [2.05, 4.69) is 10.3 Å². The zero-order valence-electron chi connectivity index (χ0n) is 18.1. The van der Waals surface area contributed by atoms with Crippen molar-refractivity contribution in [2.45, 2.75) is 6.18 Å². The lowest BCUT2D eigenvalue weighted by Crippen LogP contribution is -2.49. The Labute approximate surface area is 209 Å². The number of hydrogen-bond donors (Lipinski definition) is 1. The number of aromatic nitrogens is 1. The van der Waals surface area contributed by atoms with E-state index in [-0.39, 0.29) is 11.5 Å². The SMILES string of the molecule is O=C(Nc1ccc(N2CCN(C(=O)c3ccc(Cl)cc3Cl)CC2)nc1)c1cccc(C(F)(F)F)c1. The third-order valence-electron chi connectivity index (χ3n) is 5.51. The quantitative estimate of drug-likeness (QED) is 0.482. The van der Waals surface area contributed by atoms with Crippen molar-refractivity contribution in [3.63, 3.8) is 0 Å². The van der Waals surface area contributed by atoms with Gasteiger partial charge in [0.2, 0.25) is 0 Å². The lowest BCUT2D eigenvalue weighted by Gasteiger charge is -2.35. The largest absolute Gasteiger partial charge is 0.416 e. The lowest BCUT2D eigenvalue weighted by molar-refractivity contribution is -0.137. The van der Waals surface area contributed by atoms with Gasteiger partial charge >= 0.3 is 6.18 Å². The van der Waals surface area contributed by atoms with Crippen molar-refractivity contribution in [2.75, 3.05) is 36.4 Å². The summed E-state index contributed by atoms with van der Waals surface area (Å²) in [7, 11) is 0. The van der Waals surface area contributed by atoms with Gasteiger partial charge < -0.3 is 15.1 Å². The van der Waals surface area contributed by atoms with Gasteiger partial charge in [-0.15, -0.1) is 0 Å². The van der Waals surface area contributed by atoms with Gasteiger partial charge in [-0.3, -0.25) is 9.59 Å². The Balaban J connectivity index is 1.35. The molecule has 2 aromatic carbocycles. The number of amides is 2. The maximum Gasteiger partial charge on any atom is 0.416 e. The maximum atomic E-state index is 12.9. The van der Waals surface area contributed by atoms with Crippen molar-refractivity contribution >= 4 is 46.5 Å². The first-order chi connectivity index (χ1) is 16.6. The van der Waals surface area contributed by atoms with Crippen LogP contribution >= 0.6 is 23.2 Å². The highest BCUT2D eigenvalue weighted by Gasteiger charge is 2.31. The van der Waals surface area contributed by atoms with E-state index in [1.807, 2.05) is 4.90 Å². The fourth-order valence-corrected chi connectivity index (χ4v) is 4.15. The minimum Gasteiger partial charge on any atom is -0.353 e. The van der Waals surface area contributed by atoms with Crippen LogP contribution in [0.3, 0.4) is 0 Å². The van der Waals surface area contributed by atoms with Crippen molar-refractivity contribution in [1.29, 1.82) is 0 Å². The number of alkyl halides is 3. The zero-order valence-corrected chi connectivity index (χ0v) is 19.7. The van der Waals surface area contributed by atoms with E-state index >= 15 is 0 Å². The molecule has 1 saturated heterocycles. The van der Waals surface area contributed by atoms with E-state index in [4.69, 9.17) is 23.2 Å². The molecule has 4 rings (SSSR count). The van der Waals surface area contributed by atoms with E-state index in [1.165, 1.54) is 24.4 Å². The van der Waals surface area contributed by atoms with Crippen LogP contribution in [0.5, 0.6) is 0 Å².